The first kappa shape index (κ1) is 14.7. The fraction of sp³-hybridized carbons (Fsp3) is 0.500. The first-order valence-corrected chi connectivity index (χ1v) is 6.06. The quantitative estimate of drug-likeness (QED) is 0.606. The predicted molar refractivity (Wildman–Crippen MR) is 68.8 cm³/mol. The summed E-state index contributed by atoms with van der Waals surface area (Å²) in [6.45, 7) is 2.83. The van der Waals surface area contributed by atoms with Crippen molar-refractivity contribution in [3.63, 3.8) is 0 Å². The molecule has 100 valence electrons. The number of aromatic nitrogens is 1. The first-order chi connectivity index (χ1) is 8.65. The van der Waals surface area contributed by atoms with Crippen LogP contribution in [-0.4, -0.2) is 37.3 Å². The van der Waals surface area contributed by atoms with Gasteiger partial charge in [0.25, 0.3) is 5.91 Å². The Bertz CT molecular complexity index is 387. The van der Waals surface area contributed by atoms with Gasteiger partial charge in [-0.05, 0) is 25.5 Å². The SMILES string of the molecule is COCCCNC(=O)C(C)Oc1cccnc1Cl. The van der Waals surface area contributed by atoms with Gasteiger partial charge in [-0.3, -0.25) is 4.79 Å². The summed E-state index contributed by atoms with van der Waals surface area (Å²) in [5.41, 5.74) is 0. The maximum Gasteiger partial charge on any atom is 0.260 e. The highest BCUT2D eigenvalue weighted by Crippen LogP contribution is 2.21. The molecule has 0 fully saturated rings. The lowest BCUT2D eigenvalue weighted by atomic mass is 10.3. The van der Waals surface area contributed by atoms with E-state index in [0.29, 0.717) is 18.9 Å². The fourth-order valence-electron chi connectivity index (χ4n) is 1.27. The maximum absolute atomic E-state index is 11.7. The third-order valence-electron chi connectivity index (χ3n) is 2.22. The third-order valence-corrected chi connectivity index (χ3v) is 2.51. The average molecular weight is 273 g/mol. The number of nitrogens with zero attached hydrogens (tertiary/aromatic N) is 1. The number of methoxy groups -OCH3 is 1. The zero-order valence-corrected chi connectivity index (χ0v) is 11.2. The molecule has 1 heterocycles. The minimum absolute atomic E-state index is 0.189. The molecular weight excluding hydrogens is 256 g/mol. The molecule has 1 aromatic rings. The van der Waals surface area contributed by atoms with Crippen LogP contribution in [0, 0.1) is 0 Å². The van der Waals surface area contributed by atoms with E-state index in [-0.39, 0.29) is 11.1 Å². The van der Waals surface area contributed by atoms with Crippen molar-refractivity contribution in [2.45, 2.75) is 19.4 Å². The van der Waals surface area contributed by atoms with E-state index < -0.39 is 6.10 Å². The van der Waals surface area contributed by atoms with Crippen molar-refractivity contribution >= 4 is 17.5 Å². The van der Waals surface area contributed by atoms with Gasteiger partial charge in [0.1, 0.15) is 0 Å². The third kappa shape index (κ3) is 4.89. The van der Waals surface area contributed by atoms with Crippen molar-refractivity contribution in [2.24, 2.45) is 0 Å². The van der Waals surface area contributed by atoms with Gasteiger partial charge in [0.05, 0.1) is 0 Å². The Morgan fingerprint density at radius 3 is 3.06 bits per heavy atom. The molecule has 6 heteroatoms. The molecule has 0 aliphatic rings. The van der Waals surface area contributed by atoms with Crippen LogP contribution in [0.25, 0.3) is 0 Å². The van der Waals surface area contributed by atoms with Crippen molar-refractivity contribution in [1.82, 2.24) is 10.3 Å². The molecule has 0 saturated heterocycles. The topological polar surface area (TPSA) is 60.5 Å². The second-order valence-corrected chi connectivity index (χ2v) is 4.05. The van der Waals surface area contributed by atoms with Crippen LogP contribution < -0.4 is 10.1 Å². The highest BCUT2D eigenvalue weighted by molar-refractivity contribution is 6.30. The van der Waals surface area contributed by atoms with Crippen LogP contribution >= 0.6 is 11.6 Å². The van der Waals surface area contributed by atoms with Gasteiger partial charge in [0.2, 0.25) is 0 Å². The van der Waals surface area contributed by atoms with Crippen LogP contribution in [-0.2, 0) is 9.53 Å². The smallest absolute Gasteiger partial charge is 0.260 e. The molecule has 1 aromatic heterocycles. The normalized spacial score (nSPS) is 11.9. The van der Waals surface area contributed by atoms with E-state index in [2.05, 4.69) is 10.3 Å². The van der Waals surface area contributed by atoms with Gasteiger partial charge >= 0.3 is 0 Å². The maximum atomic E-state index is 11.7. The van der Waals surface area contributed by atoms with E-state index in [4.69, 9.17) is 21.1 Å². The minimum Gasteiger partial charge on any atom is -0.478 e. The van der Waals surface area contributed by atoms with E-state index in [0.717, 1.165) is 6.42 Å². The van der Waals surface area contributed by atoms with Crippen LogP contribution in [0.5, 0.6) is 5.75 Å². The molecule has 0 spiro atoms. The molecule has 1 unspecified atom stereocenters. The highest BCUT2D eigenvalue weighted by atomic mass is 35.5. The van der Waals surface area contributed by atoms with E-state index in [9.17, 15) is 4.79 Å². The molecule has 1 rings (SSSR count). The second kappa shape index (κ2) is 7.89. The number of halogens is 1. The summed E-state index contributed by atoms with van der Waals surface area (Å²) in [6, 6.07) is 3.37. The van der Waals surface area contributed by atoms with E-state index in [1.165, 1.54) is 0 Å². The molecule has 18 heavy (non-hydrogen) atoms. The predicted octanol–water partition coefficient (Wildman–Crippen LogP) is 1.65. The number of carbonyl (C=O) groups excluding carboxylic acids is 1. The Labute approximate surface area is 111 Å². The lowest BCUT2D eigenvalue weighted by Gasteiger charge is -2.15. The van der Waals surface area contributed by atoms with Crippen LogP contribution in [0.1, 0.15) is 13.3 Å². The first-order valence-electron chi connectivity index (χ1n) is 5.69. The molecule has 0 bridgehead atoms. The van der Waals surface area contributed by atoms with Crippen molar-refractivity contribution in [3.05, 3.63) is 23.5 Å². The van der Waals surface area contributed by atoms with Gasteiger partial charge in [-0.2, -0.15) is 0 Å². The van der Waals surface area contributed by atoms with Gasteiger partial charge in [0, 0.05) is 26.5 Å². The number of hydrogen-bond acceptors (Lipinski definition) is 4. The molecule has 0 saturated carbocycles. The van der Waals surface area contributed by atoms with Crippen molar-refractivity contribution in [3.8, 4) is 5.75 Å². The molecule has 1 amide bonds. The van der Waals surface area contributed by atoms with E-state index in [1.54, 1.807) is 32.4 Å². The number of rotatable bonds is 7. The standard InChI is InChI=1S/C12H17ClN2O3/c1-9(12(16)15-7-4-8-17-2)18-10-5-3-6-14-11(10)13/h3,5-6,9H,4,7-8H2,1-2H3,(H,15,16). The minimum atomic E-state index is -0.616. The Balaban J connectivity index is 2.38. The zero-order valence-electron chi connectivity index (χ0n) is 10.5. The monoisotopic (exact) mass is 272 g/mol. The highest BCUT2D eigenvalue weighted by Gasteiger charge is 2.15. The Morgan fingerprint density at radius 1 is 1.61 bits per heavy atom. The summed E-state index contributed by atoms with van der Waals surface area (Å²) in [4.78, 5) is 15.6. The summed E-state index contributed by atoms with van der Waals surface area (Å²) in [6.07, 6.45) is 1.71. The van der Waals surface area contributed by atoms with Gasteiger partial charge in [0.15, 0.2) is 17.0 Å². The summed E-state index contributed by atoms with van der Waals surface area (Å²) in [5.74, 6) is 0.213. The molecular formula is C12H17ClN2O3. The van der Waals surface area contributed by atoms with Crippen LogP contribution in [0.15, 0.2) is 18.3 Å². The number of nitrogens with one attached hydrogen (secondary N) is 1. The summed E-state index contributed by atoms with van der Waals surface area (Å²) < 4.78 is 10.3. The summed E-state index contributed by atoms with van der Waals surface area (Å²) in [5, 5.41) is 3.00. The zero-order chi connectivity index (χ0) is 13.4. The lowest BCUT2D eigenvalue weighted by Crippen LogP contribution is -2.37. The van der Waals surface area contributed by atoms with Crippen LogP contribution in [0.4, 0.5) is 0 Å². The Hall–Kier alpha value is -1.33. The summed E-state index contributed by atoms with van der Waals surface area (Å²) in [7, 11) is 1.62. The van der Waals surface area contributed by atoms with E-state index >= 15 is 0 Å². The van der Waals surface area contributed by atoms with Gasteiger partial charge in [-0.15, -0.1) is 0 Å². The average Bonchev–Trinajstić information content (AvgIpc) is 2.37. The van der Waals surface area contributed by atoms with Crippen molar-refractivity contribution in [2.75, 3.05) is 20.3 Å². The van der Waals surface area contributed by atoms with Crippen LogP contribution in [0.3, 0.4) is 0 Å². The fourth-order valence-corrected chi connectivity index (χ4v) is 1.44. The van der Waals surface area contributed by atoms with Gasteiger partial charge in [-0.1, -0.05) is 11.6 Å². The van der Waals surface area contributed by atoms with E-state index in [1.807, 2.05) is 0 Å². The molecule has 0 aliphatic carbocycles. The second-order valence-electron chi connectivity index (χ2n) is 3.69. The molecule has 0 aromatic carbocycles. The number of carbonyl (C=O) groups is 1. The van der Waals surface area contributed by atoms with Gasteiger partial charge < -0.3 is 14.8 Å². The number of hydrogen-bond donors (Lipinski definition) is 1. The van der Waals surface area contributed by atoms with Gasteiger partial charge in [-0.25, -0.2) is 4.98 Å². The van der Waals surface area contributed by atoms with Crippen LogP contribution in [0.2, 0.25) is 5.15 Å². The lowest BCUT2D eigenvalue weighted by molar-refractivity contribution is -0.127. The molecule has 1 atom stereocenters. The molecule has 1 N–H and O–H groups in total. The Morgan fingerprint density at radius 2 is 2.39 bits per heavy atom. The molecule has 0 radical (unpaired) electrons. The molecule has 0 aliphatic heterocycles. The number of amides is 1. The van der Waals surface area contributed by atoms with Crippen molar-refractivity contribution < 1.29 is 14.3 Å². The number of pyridine rings is 1. The Kier molecular flexibility index (Phi) is 6.46. The summed E-state index contributed by atoms with van der Waals surface area (Å²) >= 11 is 5.83. The number of ether oxygens (including phenoxy) is 2. The largest absolute Gasteiger partial charge is 0.478 e. The van der Waals surface area contributed by atoms with Crippen molar-refractivity contribution in [1.29, 1.82) is 0 Å². The molecule has 5 nitrogen and oxygen atoms in total.